The molecule has 1 heterocycles. The molecule has 84 valence electrons. The number of carbonyl (C=O) groups excluding carboxylic acids is 2. The van der Waals surface area contributed by atoms with Crippen molar-refractivity contribution in [3.05, 3.63) is 33.8 Å². The minimum Gasteiger partial charge on any atom is -0.454 e. The number of rotatable bonds is 2. The monoisotopic (exact) mass is 258 g/mol. The summed E-state index contributed by atoms with van der Waals surface area (Å²) in [5, 5.41) is 0.707. The molecule has 0 radical (unpaired) electrons. The van der Waals surface area contributed by atoms with Gasteiger partial charge in [0.05, 0.1) is 10.0 Å². The first kappa shape index (κ1) is 11.4. The Kier molecular flexibility index (Phi) is 3.17. The number of cyclic esters (lactones) is 1. The molecule has 0 spiro atoms. The Labute approximate surface area is 102 Å². The van der Waals surface area contributed by atoms with Gasteiger partial charge in [-0.05, 0) is 18.2 Å². The predicted molar refractivity (Wildman–Crippen MR) is 59.9 cm³/mol. The lowest BCUT2D eigenvalue weighted by Gasteiger charge is -2.08. The lowest BCUT2D eigenvalue weighted by molar-refractivity contribution is -0.140. The number of benzene rings is 1. The molecule has 1 aromatic rings. The van der Waals surface area contributed by atoms with Crippen molar-refractivity contribution in [3.63, 3.8) is 0 Å². The van der Waals surface area contributed by atoms with E-state index in [0.29, 0.717) is 22.0 Å². The van der Waals surface area contributed by atoms with E-state index in [9.17, 15) is 9.59 Å². The van der Waals surface area contributed by atoms with Gasteiger partial charge in [0.15, 0.2) is 6.10 Å². The quantitative estimate of drug-likeness (QED) is 0.605. The standard InChI is InChI=1S/C11H8Cl2O3/c12-7-2-1-6(5-8(7)13)11(15)9-3-4-10(14)16-9/h1-2,5,9H,3-4H2. The van der Waals surface area contributed by atoms with Crippen LogP contribution in [0.15, 0.2) is 18.2 Å². The van der Waals surface area contributed by atoms with Crippen molar-refractivity contribution in [2.24, 2.45) is 0 Å². The summed E-state index contributed by atoms with van der Waals surface area (Å²) in [4.78, 5) is 22.8. The molecule has 1 saturated heterocycles. The maximum absolute atomic E-state index is 11.9. The van der Waals surface area contributed by atoms with Gasteiger partial charge in [0.1, 0.15) is 0 Å². The zero-order valence-electron chi connectivity index (χ0n) is 8.20. The Balaban J connectivity index is 2.21. The van der Waals surface area contributed by atoms with E-state index in [1.54, 1.807) is 12.1 Å². The van der Waals surface area contributed by atoms with Crippen LogP contribution in [-0.4, -0.2) is 17.9 Å². The minimum atomic E-state index is -0.676. The fraction of sp³-hybridized carbons (Fsp3) is 0.273. The van der Waals surface area contributed by atoms with Crippen molar-refractivity contribution in [2.45, 2.75) is 18.9 Å². The number of hydrogen-bond donors (Lipinski definition) is 0. The number of carbonyl (C=O) groups is 2. The van der Waals surface area contributed by atoms with Crippen LogP contribution in [0, 0.1) is 0 Å². The van der Waals surface area contributed by atoms with Crippen molar-refractivity contribution < 1.29 is 14.3 Å². The largest absolute Gasteiger partial charge is 0.454 e. The van der Waals surface area contributed by atoms with Gasteiger partial charge in [0, 0.05) is 18.4 Å². The minimum absolute atomic E-state index is 0.232. The van der Waals surface area contributed by atoms with Gasteiger partial charge < -0.3 is 4.74 Å². The van der Waals surface area contributed by atoms with Crippen molar-refractivity contribution >= 4 is 35.0 Å². The molecule has 1 aliphatic rings. The Morgan fingerprint density at radius 2 is 2.06 bits per heavy atom. The maximum atomic E-state index is 11.9. The Bertz CT molecular complexity index is 457. The molecule has 1 aliphatic heterocycles. The van der Waals surface area contributed by atoms with Crippen LogP contribution in [0.1, 0.15) is 23.2 Å². The lowest BCUT2D eigenvalue weighted by atomic mass is 10.0. The maximum Gasteiger partial charge on any atom is 0.306 e. The van der Waals surface area contributed by atoms with Crippen molar-refractivity contribution in [1.29, 1.82) is 0 Å². The van der Waals surface area contributed by atoms with Crippen molar-refractivity contribution in [1.82, 2.24) is 0 Å². The van der Waals surface area contributed by atoms with E-state index < -0.39 is 6.10 Å². The summed E-state index contributed by atoms with van der Waals surface area (Å²) >= 11 is 11.5. The van der Waals surface area contributed by atoms with E-state index in [4.69, 9.17) is 27.9 Å². The lowest BCUT2D eigenvalue weighted by Crippen LogP contribution is -2.20. The number of hydrogen-bond acceptors (Lipinski definition) is 3. The van der Waals surface area contributed by atoms with Gasteiger partial charge in [0.25, 0.3) is 0 Å². The van der Waals surface area contributed by atoms with Crippen LogP contribution >= 0.6 is 23.2 Å². The molecule has 0 bridgehead atoms. The molecule has 0 aromatic heterocycles. The molecule has 1 unspecified atom stereocenters. The van der Waals surface area contributed by atoms with E-state index in [0.717, 1.165) is 0 Å². The third kappa shape index (κ3) is 2.20. The molecule has 1 aromatic carbocycles. The highest BCUT2D eigenvalue weighted by Gasteiger charge is 2.30. The summed E-state index contributed by atoms with van der Waals surface area (Å²) in [5.74, 6) is -0.567. The predicted octanol–water partition coefficient (Wildman–Crippen LogP) is 2.88. The van der Waals surface area contributed by atoms with E-state index in [1.165, 1.54) is 6.07 Å². The molecule has 1 fully saturated rings. The third-order valence-electron chi connectivity index (χ3n) is 2.38. The molecule has 1 atom stereocenters. The summed E-state index contributed by atoms with van der Waals surface area (Å²) in [7, 11) is 0. The number of halogens is 2. The van der Waals surface area contributed by atoms with Crippen molar-refractivity contribution in [3.8, 4) is 0 Å². The van der Waals surface area contributed by atoms with Crippen LogP contribution in [0.5, 0.6) is 0 Å². The third-order valence-corrected chi connectivity index (χ3v) is 3.12. The van der Waals surface area contributed by atoms with Gasteiger partial charge in [-0.3, -0.25) is 9.59 Å². The second kappa shape index (κ2) is 4.44. The summed E-state index contributed by atoms with van der Waals surface area (Å²) in [6.45, 7) is 0. The molecule has 0 saturated carbocycles. The molecule has 2 rings (SSSR count). The summed E-state index contributed by atoms with van der Waals surface area (Å²) in [5.41, 5.74) is 0.411. The van der Waals surface area contributed by atoms with Crippen molar-refractivity contribution in [2.75, 3.05) is 0 Å². The molecule has 0 amide bonds. The molecule has 0 N–H and O–H groups in total. The van der Waals surface area contributed by atoms with Gasteiger partial charge in [-0.1, -0.05) is 23.2 Å². The van der Waals surface area contributed by atoms with Crippen LogP contribution in [-0.2, 0) is 9.53 Å². The average molecular weight is 259 g/mol. The van der Waals surface area contributed by atoms with E-state index >= 15 is 0 Å². The Morgan fingerprint density at radius 1 is 1.31 bits per heavy atom. The van der Waals surface area contributed by atoms with Gasteiger partial charge in [0.2, 0.25) is 5.78 Å². The number of ether oxygens (including phenoxy) is 1. The smallest absolute Gasteiger partial charge is 0.306 e. The molecule has 3 nitrogen and oxygen atoms in total. The summed E-state index contributed by atoms with van der Waals surface area (Å²) < 4.78 is 4.88. The van der Waals surface area contributed by atoms with Crippen LogP contribution in [0.4, 0.5) is 0 Å². The van der Waals surface area contributed by atoms with E-state index in [2.05, 4.69) is 0 Å². The van der Waals surface area contributed by atoms with Gasteiger partial charge >= 0.3 is 5.97 Å². The zero-order valence-corrected chi connectivity index (χ0v) is 9.72. The highest BCUT2D eigenvalue weighted by molar-refractivity contribution is 6.42. The fourth-order valence-corrected chi connectivity index (χ4v) is 1.84. The van der Waals surface area contributed by atoms with Crippen LogP contribution in [0.2, 0.25) is 10.0 Å². The molecule has 5 heteroatoms. The number of ketones is 1. The van der Waals surface area contributed by atoms with E-state index in [1.807, 2.05) is 0 Å². The normalized spacial score (nSPS) is 19.6. The molecular weight excluding hydrogens is 251 g/mol. The first-order valence-electron chi connectivity index (χ1n) is 4.76. The summed E-state index contributed by atoms with van der Waals surface area (Å²) in [6.07, 6.45) is 0.0417. The SMILES string of the molecule is O=C1CCC(C(=O)c2ccc(Cl)c(Cl)c2)O1. The van der Waals surface area contributed by atoms with Crippen LogP contribution < -0.4 is 0 Å². The Hall–Kier alpha value is -1.06. The zero-order chi connectivity index (χ0) is 11.7. The highest BCUT2D eigenvalue weighted by Crippen LogP contribution is 2.25. The van der Waals surface area contributed by atoms with Gasteiger partial charge in [-0.25, -0.2) is 0 Å². The first-order valence-corrected chi connectivity index (χ1v) is 5.52. The topological polar surface area (TPSA) is 43.4 Å². The molecule has 0 aliphatic carbocycles. The average Bonchev–Trinajstić information content (AvgIpc) is 2.68. The van der Waals surface area contributed by atoms with Crippen LogP contribution in [0.3, 0.4) is 0 Å². The van der Waals surface area contributed by atoms with Crippen LogP contribution in [0.25, 0.3) is 0 Å². The molecule has 16 heavy (non-hydrogen) atoms. The number of esters is 1. The number of Topliss-reactive ketones (excluding diaryl/α,β-unsaturated/α-hetero) is 1. The Morgan fingerprint density at radius 3 is 2.62 bits per heavy atom. The first-order chi connectivity index (χ1) is 7.58. The van der Waals surface area contributed by atoms with Gasteiger partial charge in [-0.15, -0.1) is 0 Å². The molecular formula is C11H8Cl2O3. The van der Waals surface area contributed by atoms with E-state index in [-0.39, 0.29) is 18.2 Å². The highest BCUT2D eigenvalue weighted by atomic mass is 35.5. The summed E-state index contributed by atoms with van der Waals surface area (Å²) in [6, 6.07) is 4.61. The second-order valence-corrected chi connectivity index (χ2v) is 4.32. The fourth-order valence-electron chi connectivity index (χ4n) is 1.55. The second-order valence-electron chi connectivity index (χ2n) is 3.51. The van der Waals surface area contributed by atoms with Gasteiger partial charge in [-0.2, -0.15) is 0 Å².